The summed E-state index contributed by atoms with van der Waals surface area (Å²) in [4.78, 5) is 10.1. The summed E-state index contributed by atoms with van der Waals surface area (Å²) in [7, 11) is 0.0417. The normalized spacial score (nSPS) is 11.9. The second kappa shape index (κ2) is 23.6. The SMILES string of the molecule is Cc1cc(C)[n+](C)c(C)c1.Cn1cccc1/C=C/c1cc(/C=C/c2cccn2C)[n+](C)c(/C=C/c2cccn2C)c1.Cn1cccc1C=O.O=S(=O)([O-])C(F)(F)F.O=S(=O)([O-])C(F)(F)F. The Labute approximate surface area is 374 Å². The van der Waals surface area contributed by atoms with Gasteiger partial charge in [-0.25, -0.2) is 21.4 Å². The number of pyridine rings is 2. The molecule has 13 nitrogen and oxygen atoms in total. The van der Waals surface area contributed by atoms with E-state index in [-0.39, 0.29) is 0 Å². The van der Waals surface area contributed by atoms with Gasteiger partial charge in [0, 0.05) is 120 Å². The number of aldehydes is 1. The van der Waals surface area contributed by atoms with Gasteiger partial charge in [-0.15, -0.1) is 0 Å². The van der Waals surface area contributed by atoms with Crippen molar-refractivity contribution in [1.82, 2.24) is 18.3 Å². The maximum absolute atomic E-state index is 10.7. The zero-order chi connectivity index (χ0) is 49.5. The molecule has 0 radical (unpaired) electrons. The van der Waals surface area contributed by atoms with Crippen molar-refractivity contribution in [1.29, 1.82) is 0 Å². The predicted octanol–water partition coefficient (Wildman–Crippen LogP) is 7.41. The predicted molar refractivity (Wildman–Crippen MR) is 235 cm³/mol. The summed E-state index contributed by atoms with van der Waals surface area (Å²) in [5.74, 6) is 0. The van der Waals surface area contributed by atoms with Crippen molar-refractivity contribution in [2.24, 2.45) is 42.3 Å². The first-order valence-corrected chi connectivity index (χ1v) is 21.8. The fourth-order valence-electron chi connectivity index (χ4n) is 5.38. The molecule has 65 heavy (non-hydrogen) atoms. The summed E-state index contributed by atoms with van der Waals surface area (Å²) in [6.45, 7) is 6.38. The lowest BCUT2D eigenvalue weighted by Gasteiger charge is -2.08. The van der Waals surface area contributed by atoms with Gasteiger partial charge in [0.2, 0.25) is 11.4 Å². The molecule has 0 saturated heterocycles. The molecular weight excluding hydrogens is 903 g/mol. The smallest absolute Gasteiger partial charge is 0.485 e. The fourth-order valence-corrected chi connectivity index (χ4v) is 5.38. The minimum atomic E-state index is -6.09. The van der Waals surface area contributed by atoms with E-state index in [0.717, 1.165) is 23.2 Å². The van der Waals surface area contributed by atoms with Gasteiger partial charge in [0.1, 0.15) is 14.1 Å². The fraction of sp³-hybridized carbons (Fsp3) is 0.250. The lowest BCUT2D eigenvalue weighted by atomic mass is 10.1. The number of carbonyl (C=O) groups excluding carboxylic acids is 1. The van der Waals surface area contributed by atoms with Crippen LogP contribution in [-0.4, -0.2) is 61.5 Å². The minimum absolute atomic E-state index is 0.713. The van der Waals surface area contributed by atoms with Crippen LogP contribution < -0.4 is 9.13 Å². The van der Waals surface area contributed by atoms with Crippen LogP contribution in [-0.2, 0) is 62.5 Å². The summed E-state index contributed by atoms with van der Waals surface area (Å²) in [5.41, 5.74) is 0.361. The van der Waals surface area contributed by atoms with Gasteiger partial charge in [-0.3, -0.25) is 4.79 Å². The zero-order valence-corrected chi connectivity index (χ0v) is 38.5. The summed E-state index contributed by atoms with van der Waals surface area (Å²) >= 11 is 0. The number of rotatable bonds is 7. The van der Waals surface area contributed by atoms with Crippen LogP contribution in [0.25, 0.3) is 36.5 Å². The van der Waals surface area contributed by atoms with Crippen LogP contribution >= 0.6 is 0 Å². The monoisotopic (exact) mass is 952 g/mol. The van der Waals surface area contributed by atoms with Crippen LogP contribution in [0, 0.1) is 20.8 Å². The molecule has 0 saturated carbocycles. The molecule has 352 valence electrons. The van der Waals surface area contributed by atoms with Gasteiger partial charge in [0.25, 0.3) is 0 Å². The average Bonchev–Trinajstić information content (AvgIpc) is 4.01. The van der Waals surface area contributed by atoms with Crippen LogP contribution in [0.4, 0.5) is 26.3 Å². The highest BCUT2D eigenvalue weighted by molar-refractivity contribution is 7.86. The lowest BCUT2D eigenvalue weighted by Crippen LogP contribution is -2.35. The van der Waals surface area contributed by atoms with Crippen LogP contribution in [0.3, 0.4) is 0 Å². The Hall–Kier alpha value is -6.29. The second-order valence-corrected chi connectivity index (χ2v) is 16.9. The minimum Gasteiger partial charge on any atom is -0.741 e. The van der Waals surface area contributed by atoms with E-state index in [1.165, 1.54) is 34.0 Å². The van der Waals surface area contributed by atoms with Crippen molar-refractivity contribution in [2.75, 3.05) is 0 Å². The molecule has 0 N–H and O–H groups in total. The average molecular weight is 953 g/mol. The third-order valence-corrected chi connectivity index (χ3v) is 10.4. The van der Waals surface area contributed by atoms with E-state index in [1.807, 2.05) is 19.3 Å². The van der Waals surface area contributed by atoms with Crippen molar-refractivity contribution in [3.8, 4) is 0 Å². The van der Waals surface area contributed by atoms with Gasteiger partial charge < -0.3 is 27.4 Å². The van der Waals surface area contributed by atoms with Crippen LogP contribution in [0.1, 0.15) is 61.5 Å². The molecule has 0 spiro atoms. The first-order chi connectivity index (χ1) is 30.0. The van der Waals surface area contributed by atoms with Crippen LogP contribution in [0.5, 0.6) is 0 Å². The maximum atomic E-state index is 10.7. The standard InChI is InChI=1S/C27H29N4.C9H14N.C6H7NO.2CHF3O3S/c1-28-17-5-8-23(28)12-11-22-20-26(15-13-24-9-6-18-29(24)2)31(4)27(21-22)16-14-25-10-7-19-30(25)3;1-7-5-8(2)10(4)9(3)6-7;1-7-4-2-3-6(7)5-8;2*2-1(3,4)8(5,6)7/h5-21H,1-4H3;5-6H,1-4H3;2-5H,1H3;2*(H,5,6,7)/q2*+1;;;/p-2. The highest BCUT2D eigenvalue weighted by Crippen LogP contribution is 2.21. The molecule has 6 heterocycles. The van der Waals surface area contributed by atoms with E-state index in [1.54, 1.807) is 10.6 Å². The van der Waals surface area contributed by atoms with Crippen molar-refractivity contribution in [3.63, 3.8) is 0 Å². The number of hydrogen-bond donors (Lipinski definition) is 0. The van der Waals surface area contributed by atoms with Gasteiger partial charge in [-0.05, 0) is 84.8 Å². The number of carbonyl (C=O) groups is 1. The lowest BCUT2D eigenvalue weighted by molar-refractivity contribution is -0.683. The van der Waals surface area contributed by atoms with Crippen molar-refractivity contribution < 1.29 is 66.2 Å². The summed E-state index contributed by atoms with van der Waals surface area (Å²) in [6.07, 6.45) is 21.9. The molecular formula is C44H50F6N6O7S2. The van der Waals surface area contributed by atoms with Gasteiger partial charge >= 0.3 is 11.0 Å². The maximum Gasteiger partial charge on any atom is 0.485 e. The second-order valence-electron chi connectivity index (χ2n) is 14.2. The molecule has 21 heteroatoms. The highest BCUT2D eigenvalue weighted by Gasteiger charge is 2.37. The van der Waals surface area contributed by atoms with Crippen molar-refractivity contribution >= 4 is 63.0 Å². The Morgan fingerprint density at radius 3 is 1.05 bits per heavy atom. The van der Waals surface area contributed by atoms with E-state index in [2.05, 4.69) is 195 Å². The molecule has 0 aliphatic carbocycles. The Bertz CT molecular complexity index is 2690. The zero-order valence-electron chi connectivity index (χ0n) is 36.9. The summed E-state index contributed by atoms with van der Waals surface area (Å²) in [6, 6.07) is 25.0. The molecule has 0 amide bonds. The van der Waals surface area contributed by atoms with E-state index in [9.17, 15) is 31.1 Å². The van der Waals surface area contributed by atoms with E-state index >= 15 is 0 Å². The van der Waals surface area contributed by atoms with Gasteiger partial charge in [-0.1, -0.05) is 6.08 Å². The topological polar surface area (TPSA) is 159 Å². The molecule has 6 rings (SSSR count). The third kappa shape index (κ3) is 17.7. The number of nitrogens with zero attached hydrogens (tertiary/aromatic N) is 6. The van der Waals surface area contributed by atoms with E-state index in [0.29, 0.717) is 5.69 Å². The highest BCUT2D eigenvalue weighted by atomic mass is 32.2. The number of hydrogen-bond acceptors (Lipinski definition) is 7. The van der Waals surface area contributed by atoms with Crippen LogP contribution in [0.2, 0.25) is 0 Å². The molecule has 0 fully saturated rings. The number of aryl methyl sites for hydroxylation is 7. The van der Waals surface area contributed by atoms with E-state index < -0.39 is 31.3 Å². The van der Waals surface area contributed by atoms with Crippen LogP contribution in [0.15, 0.2) is 97.6 Å². The Morgan fingerprint density at radius 2 is 0.800 bits per heavy atom. The first kappa shape index (κ1) is 54.8. The Morgan fingerprint density at radius 1 is 0.508 bits per heavy atom. The number of aromatic nitrogens is 6. The molecule has 6 aromatic rings. The largest absolute Gasteiger partial charge is 0.741 e. The molecule has 0 atom stereocenters. The number of alkyl halides is 6. The quantitative estimate of drug-likeness (QED) is 0.0530. The number of halogens is 6. The van der Waals surface area contributed by atoms with Gasteiger partial charge in [0.05, 0.1) is 5.69 Å². The third-order valence-electron chi connectivity index (χ3n) is 9.25. The molecule has 0 bridgehead atoms. The van der Waals surface area contributed by atoms with Crippen molar-refractivity contribution in [2.45, 2.75) is 31.8 Å². The molecule has 0 aliphatic heterocycles. The molecule has 0 aliphatic rings. The molecule has 0 unspecified atom stereocenters. The van der Waals surface area contributed by atoms with E-state index in [4.69, 9.17) is 25.9 Å². The van der Waals surface area contributed by atoms with Gasteiger partial charge in [-0.2, -0.15) is 30.9 Å². The summed E-state index contributed by atoms with van der Waals surface area (Å²) in [5, 5.41) is 0. The molecule has 6 aromatic heterocycles. The van der Waals surface area contributed by atoms with Gasteiger partial charge in [0.15, 0.2) is 37.9 Å². The van der Waals surface area contributed by atoms with Crippen molar-refractivity contribution in [3.05, 3.63) is 154 Å². The summed E-state index contributed by atoms with van der Waals surface area (Å²) < 4.78 is 130. The first-order valence-electron chi connectivity index (χ1n) is 18.9. The Kier molecular flexibility index (Phi) is 19.9. The molecule has 0 aromatic carbocycles. The Balaban J connectivity index is 0.000000345.